The summed E-state index contributed by atoms with van der Waals surface area (Å²) in [6.45, 7) is 0.510. The fraction of sp³-hybridized carbons (Fsp3) is 0.200. The van der Waals surface area contributed by atoms with Crippen molar-refractivity contribution in [2.45, 2.75) is 17.1 Å². The highest BCUT2D eigenvalue weighted by atomic mass is 79.9. The minimum atomic E-state index is -0.456. The smallest absolute Gasteiger partial charge is 0.257 e. The summed E-state index contributed by atoms with van der Waals surface area (Å²) in [5, 5.41) is 0.387. The fourth-order valence-electron chi connectivity index (χ4n) is 1.53. The summed E-state index contributed by atoms with van der Waals surface area (Å²) in [6.07, 6.45) is 0. The van der Waals surface area contributed by atoms with Crippen LogP contribution in [0.1, 0.15) is 11.1 Å². The summed E-state index contributed by atoms with van der Waals surface area (Å²) in [5.74, 6) is 0.777. The van der Waals surface area contributed by atoms with E-state index in [9.17, 15) is 0 Å². The van der Waals surface area contributed by atoms with Crippen LogP contribution in [0.5, 0.6) is 5.75 Å². The molecule has 0 aromatic heterocycles. The molecule has 0 bridgehead atoms. The van der Waals surface area contributed by atoms with Gasteiger partial charge in [0.2, 0.25) is 0 Å². The van der Waals surface area contributed by atoms with E-state index in [0.717, 1.165) is 16.6 Å². The highest BCUT2D eigenvalue weighted by molar-refractivity contribution is 9.09. The number of alkyl halides is 2. The Morgan fingerprint density at radius 3 is 2.21 bits per heavy atom. The van der Waals surface area contributed by atoms with Crippen LogP contribution in [0, 0.1) is 0 Å². The van der Waals surface area contributed by atoms with E-state index in [1.54, 1.807) is 0 Å². The van der Waals surface area contributed by atoms with Crippen LogP contribution in [-0.4, -0.2) is 5.20 Å². The molecule has 0 N–H and O–H groups in total. The Hall–Kier alpha value is -0.840. The first-order chi connectivity index (χ1) is 9.28. The highest BCUT2D eigenvalue weighted by Crippen LogP contribution is 2.18. The number of rotatable bonds is 6. The van der Waals surface area contributed by atoms with E-state index < -0.39 is 5.20 Å². The monoisotopic (exact) mass is 384 g/mol. The molecule has 0 aliphatic carbocycles. The zero-order chi connectivity index (χ0) is 13.5. The Kier molecular flexibility index (Phi) is 5.89. The molecule has 2 aromatic rings. The van der Waals surface area contributed by atoms with Crippen molar-refractivity contribution in [2.24, 2.45) is 0 Å². The Labute approximate surface area is 130 Å². The second kappa shape index (κ2) is 7.68. The third kappa shape index (κ3) is 4.97. The van der Waals surface area contributed by atoms with E-state index in [-0.39, 0.29) is 0 Å². The second-order valence-corrected chi connectivity index (χ2v) is 5.27. The van der Waals surface area contributed by atoms with Crippen LogP contribution in [0.4, 0.5) is 0 Å². The second-order valence-electron chi connectivity index (χ2n) is 3.97. The van der Waals surface area contributed by atoms with Gasteiger partial charge in [0.1, 0.15) is 5.75 Å². The van der Waals surface area contributed by atoms with Crippen LogP contribution in [0.25, 0.3) is 0 Å². The number of halogens is 2. The lowest BCUT2D eigenvalue weighted by molar-refractivity contribution is -0.0194. The minimum Gasteiger partial charge on any atom is -0.455 e. The molecule has 1 unspecified atom stereocenters. The number of benzene rings is 2. The minimum absolute atomic E-state index is 0.456. The molecule has 0 heterocycles. The summed E-state index contributed by atoms with van der Waals surface area (Å²) in [5.41, 5.74) is 2.33. The van der Waals surface area contributed by atoms with Gasteiger partial charge < -0.3 is 9.47 Å². The average Bonchev–Trinajstić information content (AvgIpc) is 2.47. The summed E-state index contributed by atoms with van der Waals surface area (Å²) in [7, 11) is 0. The van der Waals surface area contributed by atoms with Gasteiger partial charge in [-0.1, -0.05) is 58.4 Å². The standard InChI is InChI=1S/C15H14Br2O2/c16-10-12-6-8-14(9-7-12)19-15(17)18-11-13-4-2-1-3-5-13/h1-9,15H,10-11H2. The molecule has 2 aromatic carbocycles. The molecule has 0 spiro atoms. The van der Waals surface area contributed by atoms with Crippen molar-refractivity contribution in [1.82, 2.24) is 0 Å². The first kappa shape index (κ1) is 14.6. The lowest BCUT2D eigenvalue weighted by Gasteiger charge is -2.14. The van der Waals surface area contributed by atoms with Crippen molar-refractivity contribution in [3.05, 3.63) is 65.7 Å². The van der Waals surface area contributed by atoms with E-state index in [4.69, 9.17) is 9.47 Å². The van der Waals surface area contributed by atoms with Gasteiger partial charge in [-0.05, 0) is 39.2 Å². The molecule has 0 radical (unpaired) electrons. The Bertz CT molecular complexity index is 485. The van der Waals surface area contributed by atoms with Gasteiger partial charge in [0.05, 0.1) is 6.61 Å². The summed E-state index contributed by atoms with van der Waals surface area (Å²) >= 11 is 6.76. The first-order valence-corrected chi connectivity index (χ1v) is 7.93. The molecule has 2 rings (SSSR count). The Morgan fingerprint density at radius 1 is 0.895 bits per heavy atom. The molecule has 100 valence electrons. The van der Waals surface area contributed by atoms with Crippen molar-refractivity contribution in [3.63, 3.8) is 0 Å². The number of hydrogen-bond donors (Lipinski definition) is 0. The molecule has 0 aliphatic rings. The summed E-state index contributed by atoms with van der Waals surface area (Å²) in [6, 6.07) is 17.9. The topological polar surface area (TPSA) is 18.5 Å². The zero-order valence-corrected chi connectivity index (χ0v) is 13.4. The predicted molar refractivity (Wildman–Crippen MR) is 83.6 cm³/mol. The number of hydrogen-bond acceptors (Lipinski definition) is 2. The third-order valence-corrected chi connectivity index (χ3v) is 3.63. The van der Waals surface area contributed by atoms with Crippen molar-refractivity contribution < 1.29 is 9.47 Å². The van der Waals surface area contributed by atoms with Crippen molar-refractivity contribution in [3.8, 4) is 5.75 Å². The van der Waals surface area contributed by atoms with Crippen LogP contribution in [-0.2, 0) is 16.7 Å². The SMILES string of the molecule is BrCc1ccc(OC(Br)OCc2ccccc2)cc1. The lowest BCUT2D eigenvalue weighted by atomic mass is 10.2. The molecule has 1 atom stereocenters. The van der Waals surface area contributed by atoms with Crippen molar-refractivity contribution >= 4 is 31.9 Å². The quantitative estimate of drug-likeness (QED) is 0.522. The number of ether oxygens (including phenoxy) is 2. The van der Waals surface area contributed by atoms with Gasteiger partial charge in [-0.3, -0.25) is 0 Å². The maximum absolute atomic E-state index is 5.61. The van der Waals surface area contributed by atoms with Gasteiger partial charge in [0.25, 0.3) is 5.20 Å². The molecule has 0 fully saturated rings. The third-order valence-electron chi connectivity index (χ3n) is 2.53. The van der Waals surface area contributed by atoms with E-state index in [2.05, 4.69) is 31.9 Å². The van der Waals surface area contributed by atoms with Crippen LogP contribution < -0.4 is 4.74 Å². The van der Waals surface area contributed by atoms with Crippen LogP contribution >= 0.6 is 31.9 Å². The lowest BCUT2D eigenvalue weighted by Crippen LogP contribution is -2.12. The van der Waals surface area contributed by atoms with E-state index in [1.807, 2.05) is 54.6 Å². The van der Waals surface area contributed by atoms with Crippen LogP contribution in [0.3, 0.4) is 0 Å². The van der Waals surface area contributed by atoms with Gasteiger partial charge >= 0.3 is 0 Å². The average molecular weight is 386 g/mol. The molecule has 2 nitrogen and oxygen atoms in total. The molecule has 0 amide bonds. The molecule has 0 saturated heterocycles. The van der Waals surface area contributed by atoms with Crippen molar-refractivity contribution in [1.29, 1.82) is 0 Å². The maximum Gasteiger partial charge on any atom is 0.257 e. The molecule has 4 heteroatoms. The normalized spacial score (nSPS) is 12.1. The largest absolute Gasteiger partial charge is 0.455 e. The molecular formula is C15H14Br2O2. The fourth-order valence-corrected chi connectivity index (χ4v) is 2.26. The highest BCUT2D eigenvalue weighted by Gasteiger charge is 2.06. The molecule has 0 aliphatic heterocycles. The summed E-state index contributed by atoms with van der Waals surface area (Å²) in [4.78, 5) is 0. The van der Waals surface area contributed by atoms with Crippen LogP contribution in [0.2, 0.25) is 0 Å². The maximum atomic E-state index is 5.61. The molecular weight excluding hydrogens is 372 g/mol. The Morgan fingerprint density at radius 2 is 1.58 bits per heavy atom. The van der Waals surface area contributed by atoms with E-state index in [1.165, 1.54) is 5.56 Å². The van der Waals surface area contributed by atoms with E-state index >= 15 is 0 Å². The molecule has 0 saturated carbocycles. The van der Waals surface area contributed by atoms with E-state index in [0.29, 0.717) is 6.61 Å². The van der Waals surface area contributed by atoms with Crippen molar-refractivity contribution in [2.75, 3.05) is 0 Å². The first-order valence-electron chi connectivity index (χ1n) is 5.89. The predicted octanol–water partition coefficient (Wildman–Crippen LogP) is 4.86. The van der Waals surface area contributed by atoms with Gasteiger partial charge in [-0.15, -0.1) is 0 Å². The van der Waals surface area contributed by atoms with Gasteiger partial charge in [0.15, 0.2) is 0 Å². The summed E-state index contributed by atoms with van der Waals surface area (Å²) < 4.78 is 11.2. The van der Waals surface area contributed by atoms with Gasteiger partial charge in [-0.25, -0.2) is 0 Å². The van der Waals surface area contributed by atoms with Gasteiger partial charge in [-0.2, -0.15) is 0 Å². The molecule has 19 heavy (non-hydrogen) atoms. The Balaban J connectivity index is 1.82. The zero-order valence-electron chi connectivity index (χ0n) is 10.3. The van der Waals surface area contributed by atoms with Crippen LogP contribution in [0.15, 0.2) is 54.6 Å². The van der Waals surface area contributed by atoms with Gasteiger partial charge in [0, 0.05) is 5.33 Å².